The van der Waals surface area contributed by atoms with E-state index in [0.717, 1.165) is 16.6 Å². The number of benzene rings is 2. The molecule has 9 nitrogen and oxygen atoms in total. The van der Waals surface area contributed by atoms with Crippen molar-refractivity contribution in [3.05, 3.63) is 64.7 Å². The number of fused-ring (bicyclic) bond motifs is 1. The summed E-state index contributed by atoms with van der Waals surface area (Å²) in [7, 11) is -0.208. The molecular formula is C24H25N5O4S. The van der Waals surface area contributed by atoms with Crippen LogP contribution in [0.5, 0.6) is 0 Å². The highest BCUT2D eigenvalue weighted by Gasteiger charge is 2.28. The van der Waals surface area contributed by atoms with E-state index in [-0.39, 0.29) is 10.5 Å². The Morgan fingerprint density at radius 1 is 0.912 bits per heavy atom. The van der Waals surface area contributed by atoms with Crippen molar-refractivity contribution >= 4 is 21.1 Å². The van der Waals surface area contributed by atoms with E-state index < -0.39 is 10.0 Å². The van der Waals surface area contributed by atoms with Crippen molar-refractivity contribution in [3.8, 4) is 22.4 Å². The van der Waals surface area contributed by atoms with E-state index >= 15 is 0 Å². The van der Waals surface area contributed by atoms with Crippen molar-refractivity contribution in [1.29, 1.82) is 0 Å². The molecule has 0 spiro atoms. The van der Waals surface area contributed by atoms with Gasteiger partial charge in [-0.15, -0.1) is 0 Å². The molecule has 0 N–H and O–H groups in total. The predicted molar refractivity (Wildman–Crippen MR) is 129 cm³/mol. The molecule has 34 heavy (non-hydrogen) atoms. The lowest BCUT2D eigenvalue weighted by Gasteiger charge is -2.26. The van der Waals surface area contributed by atoms with Gasteiger partial charge in [0.05, 0.1) is 40.4 Å². The second kappa shape index (κ2) is 8.46. The zero-order valence-corrected chi connectivity index (χ0v) is 20.0. The third-order valence-corrected chi connectivity index (χ3v) is 8.24. The Bertz CT molecular complexity index is 1570. The first kappa shape index (κ1) is 22.5. The third-order valence-electron chi connectivity index (χ3n) is 6.35. The molecule has 0 atom stereocenters. The molecule has 0 aliphatic carbocycles. The molecule has 4 aromatic rings. The largest absolute Gasteiger partial charge is 0.379 e. The average Bonchev–Trinajstić information content (AvgIpc) is 3.08. The fourth-order valence-corrected chi connectivity index (χ4v) is 5.80. The summed E-state index contributed by atoms with van der Waals surface area (Å²) in [5.74, 6) is 0. The number of sulfonamides is 1. The summed E-state index contributed by atoms with van der Waals surface area (Å²) >= 11 is 0. The van der Waals surface area contributed by atoms with Gasteiger partial charge in [-0.2, -0.15) is 4.31 Å². The molecule has 1 fully saturated rings. The quantitative estimate of drug-likeness (QED) is 0.446. The van der Waals surface area contributed by atoms with Gasteiger partial charge in [0, 0.05) is 45.1 Å². The van der Waals surface area contributed by atoms with Crippen molar-refractivity contribution < 1.29 is 13.2 Å². The molecule has 10 heteroatoms. The van der Waals surface area contributed by atoms with Gasteiger partial charge in [-0.3, -0.25) is 24.1 Å². The topological polar surface area (TPSA) is 99.3 Å². The first-order valence-electron chi connectivity index (χ1n) is 10.9. The molecule has 0 saturated carbocycles. The summed E-state index contributed by atoms with van der Waals surface area (Å²) in [5, 5.41) is 0. The Morgan fingerprint density at radius 2 is 1.62 bits per heavy atom. The van der Waals surface area contributed by atoms with Crippen molar-refractivity contribution in [3.63, 3.8) is 0 Å². The molecule has 2 aromatic heterocycles. The van der Waals surface area contributed by atoms with Gasteiger partial charge in [0.1, 0.15) is 0 Å². The average molecular weight is 480 g/mol. The molecule has 0 unspecified atom stereocenters. The van der Waals surface area contributed by atoms with Crippen LogP contribution in [0.2, 0.25) is 0 Å². The molecule has 0 amide bonds. The summed E-state index contributed by atoms with van der Waals surface area (Å²) in [6.45, 7) is 3.23. The van der Waals surface area contributed by atoms with Crippen LogP contribution in [0.15, 0.2) is 58.5 Å². The number of aryl methyl sites for hydroxylation is 1. The second-order valence-electron chi connectivity index (χ2n) is 8.33. The molecular weight excluding hydrogens is 454 g/mol. The van der Waals surface area contributed by atoms with E-state index in [0.29, 0.717) is 48.6 Å². The molecule has 0 bridgehead atoms. The van der Waals surface area contributed by atoms with Gasteiger partial charge < -0.3 is 4.74 Å². The Labute approximate surface area is 197 Å². The summed E-state index contributed by atoms with van der Waals surface area (Å²) in [5.41, 5.74) is 4.58. The fraction of sp³-hybridized carbons (Fsp3) is 0.292. The lowest BCUT2D eigenvalue weighted by molar-refractivity contribution is 0.0730. The molecule has 2 aromatic carbocycles. The second-order valence-corrected chi connectivity index (χ2v) is 10.3. The predicted octanol–water partition coefficient (Wildman–Crippen LogP) is 2.33. The molecule has 1 saturated heterocycles. The number of hydrogen-bond acceptors (Lipinski definition) is 6. The van der Waals surface area contributed by atoms with Crippen LogP contribution >= 0.6 is 0 Å². The Morgan fingerprint density at radius 3 is 2.35 bits per heavy atom. The maximum atomic E-state index is 13.4. The molecule has 5 rings (SSSR count). The van der Waals surface area contributed by atoms with Crippen molar-refractivity contribution in [2.45, 2.75) is 11.8 Å². The first-order valence-corrected chi connectivity index (χ1v) is 12.4. The van der Waals surface area contributed by atoms with E-state index in [1.807, 2.05) is 32.2 Å². The maximum Gasteiger partial charge on any atom is 0.274 e. The zero-order chi connectivity index (χ0) is 24.0. The minimum Gasteiger partial charge on any atom is -0.379 e. The van der Waals surface area contributed by atoms with Crippen LogP contribution in [0.3, 0.4) is 0 Å². The molecule has 1 aliphatic rings. The Hall–Kier alpha value is -3.34. The normalized spacial score (nSPS) is 15.1. The number of morpholine rings is 1. The van der Waals surface area contributed by atoms with Gasteiger partial charge in [-0.25, -0.2) is 8.42 Å². The Balaban J connectivity index is 1.71. The van der Waals surface area contributed by atoms with E-state index in [1.165, 1.54) is 8.99 Å². The minimum absolute atomic E-state index is 0.163. The standard InChI is InChI=1S/C24H25N5O4S/c1-16-4-6-18(34(31,32)29-10-12-33-13-11-29)15-19(16)22-23(27(2)28(3)24(22)30)17-5-7-20-21(14-17)26-9-8-25-20/h4-9,14-15H,10-13H2,1-3H3. The van der Waals surface area contributed by atoms with Crippen LogP contribution in [0.25, 0.3) is 33.4 Å². The highest BCUT2D eigenvalue weighted by molar-refractivity contribution is 7.89. The van der Waals surface area contributed by atoms with E-state index in [2.05, 4.69) is 9.97 Å². The van der Waals surface area contributed by atoms with Crippen LogP contribution in [0.1, 0.15) is 5.56 Å². The van der Waals surface area contributed by atoms with E-state index in [4.69, 9.17) is 4.74 Å². The SMILES string of the molecule is Cc1ccc(S(=O)(=O)N2CCOCC2)cc1-c1c(-c2ccc3nccnc3c2)n(C)n(C)c1=O. The van der Waals surface area contributed by atoms with Gasteiger partial charge in [-0.05, 0) is 42.3 Å². The van der Waals surface area contributed by atoms with Crippen LogP contribution in [-0.4, -0.2) is 58.4 Å². The van der Waals surface area contributed by atoms with Crippen molar-refractivity contribution in [2.75, 3.05) is 26.3 Å². The summed E-state index contributed by atoms with van der Waals surface area (Å²) in [6, 6.07) is 10.6. The highest BCUT2D eigenvalue weighted by atomic mass is 32.2. The molecule has 176 valence electrons. The number of rotatable bonds is 4. The highest BCUT2D eigenvalue weighted by Crippen LogP contribution is 2.34. The fourth-order valence-electron chi connectivity index (χ4n) is 4.36. The van der Waals surface area contributed by atoms with Gasteiger partial charge in [0.25, 0.3) is 5.56 Å². The monoisotopic (exact) mass is 479 g/mol. The van der Waals surface area contributed by atoms with Crippen LogP contribution in [-0.2, 0) is 28.9 Å². The number of nitrogens with zero attached hydrogens (tertiary/aromatic N) is 5. The van der Waals surface area contributed by atoms with E-state index in [1.54, 1.807) is 42.3 Å². The van der Waals surface area contributed by atoms with Gasteiger partial charge >= 0.3 is 0 Å². The summed E-state index contributed by atoms with van der Waals surface area (Å²) < 4.78 is 36.6. The smallest absolute Gasteiger partial charge is 0.274 e. The maximum absolute atomic E-state index is 13.4. The molecule has 1 aliphatic heterocycles. The van der Waals surface area contributed by atoms with Gasteiger partial charge in [0.15, 0.2) is 0 Å². The number of ether oxygens (including phenoxy) is 1. The van der Waals surface area contributed by atoms with Gasteiger partial charge in [0.2, 0.25) is 10.0 Å². The number of aromatic nitrogens is 4. The van der Waals surface area contributed by atoms with Gasteiger partial charge in [-0.1, -0.05) is 12.1 Å². The lowest BCUT2D eigenvalue weighted by atomic mass is 9.97. The lowest BCUT2D eigenvalue weighted by Crippen LogP contribution is -2.40. The van der Waals surface area contributed by atoms with Crippen LogP contribution in [0, 0.1) is 6.92 Å². The Kier molecular flexibility index (Phi) is 5.59. The zero-order valence-electron chi connectivity index (χ0n) is 19.2. The first-order chi connectivity index (χ1) is 16.3. The third kappa shape index (κ3) is 3.64. The van der Waals surface area contributed by atoms with E-state index in [9.17, 15) is 13.2 Å². The van der Waals surface area contributed by atoms with Crippen molar-refractivity contribution in [1.82, 2.24) is 23.6 Å². The summed E-state index contributed by atoms with van der Waals surface area (Å²) in [6.07, 6.45) is 3.26. The van der Waals surface area contributed by atoms with Crippen LogP contribution < -0.4 is 5.56 Å². The summed E-state index contributed by atoms with van der Waals surface area (Å²) in [4.78, 5) is 22.3. The minimum atomic E-state index is -3.71. The molecule has 3 heterocycles. The van der Waals surface area contributed by atoms with Crippen molar-refractivity contribution in [2.24, 2.45) is 14.1 Å². The molecule has 0 radical (unpaired) electrons. The van der Waals surface area contributed by atoms with Crippen LogP contribution in [0.4, 0.5) is 0 Å². The number of hydrogen-bond donors (Lipinski definition) is 0.